The van der Waals surface area contributed by atoms with Crippen molar-refractivity contribution in [3.05, 3.63) is 92.9 Å². The molecule has 0 spiro atoms. The number of halogens is 2. The van der Waals surface area contributed by atoms with Gasteiger partial charge in [-0.2, -0.15) is 0 Å². The van der Waals surface area contributed by atoms with Gasteiger partial charge in [0.15, 0.2) is 0 Å². The highest BCUT2D eigenvalue weighted by atomic mass is 35.5. The van der Waals surface area contributed by atoms with Gasteiger partial charge in [-0.1, -0.05) is 46.6 Å². The monoisotopic (exact) mass is 547 g/mol. The molecule has 0 amide bonds. The summed E-state index contributed by atoms with van der Waals surface area (Å²) in [6.07, 6.45) is 2.11. The van der Waals surface area contributed by atoms with Gasteiger partial charge in [0, 0.05) is 16.9 Å². The number of fused-ring (bicyclic) bond motifs is 1. The number of ether oxygens (including phenoxy) is 1. The van der Waals surface area contributed by atoms with Gasteiger partial charge in [-0.3, -0.25) is 0 Å². The van der Waals surface area contributed by atoms with E-state index in [2.05, 4.69) is 5.16 Å². The van der Waals surface area contributed by atoms with Crippen LogP contribution in [0.2, 0.25) is 10.0 Å². The van der Waals surface area contributed by atoms with Crippen LogP contribution in [0.3, 0.4) is 0 Å². The summed E-state index contributed by atoms with van der Waals surface area (Å²) in [5.74, 6) is 1.26. The second-order valence-corrected chi connectivity index (χ2v) is 10.4. The number of aromatic carboxylic acids is 1. The molecule has 0 bridgehead atoms. The number of furan rings is 1. The van der Waals surface area contributed by atoms with Gasteiger partial charge in [-0.05, 0) is 79.8 Å². The van der Waals surface area contributed by atoms with E-state index in [-0.39, 0.29) is 12.2 Å². The molecule has 2 heterocycles. The minimum atomic E-state index is -0.996. The Morgan fingerprint density at radius 2 is 1.84 bits per heavy atom. The molecule has 3 aromatic carbocycles. The third-order valence-corrected chi connectivity index (χ3v) is 7.57. The number of carboxylic acids is 1. The molecule has 2 aromatic heterocycles. The molecular formula is C30H23Cl2NO5. The van der Waals surface area contributed by atoms with Crippen molar-refractivity contribution in [1.82, 2.24) is 5.16 Å². The largest absolute Gasteiger partial charge is 0.489 e. The normalized spacial score (nSPS) is 13.3. The minimum Gasteiger partial charge on any atom is -0.489 e. The first kappa shape index (κ1) is 24.6. The maximum atomic E-state index is 11.6. The predicted octanol–water partition coefficient (Wildman–Crippen LogP) is 8.83. The van der Waals surface area contributed by atoms with Crippen LogP contribution in [0.4, 0.5) is 0 Å². The zero-order valence-electron chi connectivity index (χ0n) is 20.7. The smallest absolute Gasteiger partial charge is 0.339 e. The van der Waals surface area contributed by atoms with Crippen LogP contribution in [-0.2, 0) is 6.61 Å². The molecule has 0 aliphatic heterocycles. The van der Waals surface area contributed by atoms with Crippen LogP contribution < -0.4 is 4.74 Å². The summed E-state index contributed by atoms with van der Waals surface area (Å²) in [6, 6.07) is 16.8. The molecule has 6 rings (SSSR count). The van der Waals surface area contributed by atoms with Crippen LogP contribution in [-0.4, -0.2) is 16.2 Å². The molecule has 1 N–H and O–H groups in total. The number of hydrogen-bond acceptors (Lipinski definition) is 5. The molecule has 0 atom stereocenters. The van der Waals surface area contributed by atoms with Gasteiger partial charge in [-0.25, -0.2) is 4.79 Å². The molecule has 1 aliphatic carbocycles. The quantitative estimate of drug-likeness (QED) is 0.219. The molecule has 0 radical (unpaired) electrons. The first-order valence-electron chi connectivity index (χ1n) is 12.2. The lowest BCUT2D eigenvalue weighted by molar-refractivity contribution is 0.0697. The lowest BCUT2D eigenvalue weighted by atomic mass is 9.99. The Kier molecular flexibility index (Phi) is 6.17. The maximum Gasteiger partial charge on any atom is 0.339 e. The average molecular weight is 548 g/mol. The number of hydrogen-bond donors (Lipinski definition) is 1. The number of aryl methyl sites for hydroxylation is 2. The van der Waals surface area contributed by atoms with E-state index < -0.39 is 5.97 Å². The van der Waals surface area contributed by atoms with Crippen LogP contribution in [0.15, 0.2) is 63.5 Å². The van der Waals surface area contributed by atoms with Crippen molar-refractivity contribution in [3.63, 3.8) is 0 Å². The van der Waals surface area contributed by atoms with Crippen molar-refractivity contribution in [3.8, 4) is 28.1 Å². The Labute approximate surface area is 228 Å². The molecule has 8 heteroatoms. The van der Waals surface area contributed by atoms with Gasteiger partial charge < -0.3 is 18.8 Å². The van der Waals surface area contributed by atoms with Gasteiger partial charge in [0.05, 0.1) is 15.6 Å². The third kappa shape index (κ3) is 4.34. The first-order valence-corrected chi connectivity index (χ1v) is 13.0. The van der Waals surface area contributed by atoms with E-state index in [0.29, 0.717) is 49.7 Å². The number of carboxylic acid groups (broad SMARTS) is 1. The lowest BCUT2D eigenvalue weighted by Gasteiger charge is -2.12. The fourth-order valence-corrected chi connectivity index (χ4v) is 5.48. The Hall–Kier alpha value is -3.74. The number of benzene rings is 3. The molecule has 0 saturated heterocycles. The van der Waals surface area contributed by atoms with Crippen LogP contribution in [0.25, 0.3) is 33.4 Å². The van der Waals surface area contributed by atoms with E-state index in [4.69, 9.17) is 36.9 Å². The molecular weight excluding hydrogens is 525 g/mol. The number of aromatic nitrogens is 1. The van der Waals surface area contributed by atoms with Crippen molar-refractivity contribution in [1.29, 1.82) is 0 Å². The van der Waals surface area contributed by atoms with Gasteiger partial charge in [0.2, 0.25) is 0 Å². The van der Waals surface area contributed by atoms with Crippen LogP contribution in [0.5, 0.6) is 5.75 Å². The van der Waals surface area contributed by atoms with Gasteiger partial charge >= 0.3 is 5.97 Å². The zero-order chi connectivity index (χ0) is 26.6. The number of carbonyl (C=O) groups is 1. The highest BCUT2D eigenvalue weighted by Gasteiger charge is 2.33. The molecule has 0 unspecified atom stereocenters. The molecule has 38 heavy (non-hydrogen) atoms. The van der Waals surface area contributed by atoms with Crippen molar-refractivity contribution < 1.29 is 23.6 Å². The minimum absolute atomic E-state index is 0.198. The van der Waals surface area contributed by atoms with Gasteiger partial charge in [-0.15, -0.1) is 0 Å². The van der Waals surface area contributed by atoms with Crippen molar-refractivity contribution in [2.45, 2.75) is 39.2 Å². The number of nitrogens with zero attached hydrogens (tertiary/aromatic N) is 1. The molecule has 1 aliphatic rings. The Morgan fingerprint density at radius 1 is 1.08 bits per heavy atom. The SMILES string of the molecule is Cc1cc(OCc2c(-c3c(Cl)cccc3Cl)noc2C2CC2)ccc1-c1ccc2c(C(=O)O)c(C)oc2c1. The van der Waals surface area contributed by atoms with E-state index in [9.17, 15) is 9.90 Å². The fraction of sp³-hybridized carbons (Fsp3) is 0.200. The van der Waals surface area contributed by atoms with E-state index in [0.717, 1.165) is 40.9 Å². The highest BCUT2D eigenvalue weighted by molar-refractivity contribution is 6.39. The Balaban J connectivity index is 1.28. The highest BCUT2D eigenvalue weighted by Crippen LogP contribution is 2.46. The zero-order valence-corrected chi connectivity index (χ0v) is 22.2. The van der Waals surface area contributed by atoms with Crippen molar-refractivity contribution >= 4 is 40.1 Å². The first-order chi connectivity index (χ1) is 18.3. The second-order valence-electron chi connectivity index (χ2n) is 9.56. The Morgan fingerprint density at radius 3 is 2.53 bits per heavy atom. The lowest BCUT2D eigenvalue weighted by Crippen LogP contribution is -2.00. The summed E-state index contributed by atoms with van der Waals surface area (Å²) in [7, 11) is 0. The van der Waals surface area contributed by atoms with E-state index in [1.54, 1.807) is 31.2 Å². The molecule has 192 valence electrons. The summed E-state index contributed by atoms with van der Waals surface area (Å²) < 4.78 is 17.7. The molecule has 1 saturated carbocycles. The van der Waals surface area contributed by atoms with E-state index in [1.807, 2.05) is 37.3 Å². The summed E-state index contributed by atoms with van der Waals surface area (Å²) in [5.41, 5.74) is 5.79. The predicted molar refractivity (Wildman–Crippen MR) is 146 cm³/mol. The van der Waals surface area contributed by atoms with E-state index in [1.165, 1.54) is 0 Å². The number of rotatable bonds is 7. The van der Waals surface area contributed by atoms with Crippen molar-refractivity contribution in [2.24, 2.45) is 0 Å². The summed E-state index contributed by atoms with van der Waals surface area (Å²) >= 11 is 12.9. The standard InChI is InChI=1S/C30H23Cl2NO5/c1-15-12-19(9-11-20(15)18-8-10-21-25(13-18)37-16(2)26(21)30(34)35)36-14-22-28(33-38-29(22)17-6-7-17)27-23(31)4-3-5-24(27)32/h3-5,8-13,17H,6-7,14H2,1-2H3,(H,34,35). The third-order valence-electron chi connectivity index (χ3n) is 6.94. The van der Waals surface area contributed by atoms with Crippen LogP contribution in [0.1, 0.15) is 51.8 Å². The summed E-state index contributed by atoms with van der Waals surface area (Å²) in [6.45, 7) is 3.93. The van der Waals surface area contributed by atoms with Crippen LogP contribution in [0, 0.1) is 13.8 Å². The van der Waals surface area contributed by atoms with Crippen LogP contribution >= 0.6 is 23.2 Å². The van der Waals surface area contributed by atoms with Gasteiger partial charge in [0.25, 0.3) is 0 Å². The topological polar surface area (TPSA) is 85.7 Å². The average Bonchev–Trinajstić information content (AvgIpc) is 3.54. The fourth-order valence-electron chi connectivity index (χ4n) is 4.91. The Bertz CT molecular complexity index is 1690. The maximum absolute atomic E-state index is 11.6. The summed E-state index contributed by atoms with van der Waals surface area (Å²) in [5, 5.41) is 15.4. The van der Waals surface area contributed by atoms with Crippen molar-refractivity contribution in [2.75, 3.05) is 0 Å². The van der Waals surface area contributed by atoms with Gasteiger partial charge in [0.1, 0.15) is 40.7 Å². The molecule has 1 fully saturated rings. The summed E-state index contributed by atoms with van der Waals surface area (Å²) in [4.78, 5) is 11.6. The molecule has 6 nitrogen and oxygen atoms in total. The second kappa shape index (κ2) is 9.53. The van der Waals surface area contributed by atoms with E-state index >= 15 is 0 Å². The molecule has 5 aromatic rings.